The Kier molecular flexibility index (Phi) is 5.04. The van der Waals surface area contributed by atoms with Crippen molar-refractivity contribution in [3.8, 4) is 11.3 Å². The molecule has 29 heavy (non-hydrogen) atoms. The Balaban J connectivity index is 1.82. The maximum Gasteiger partial charge on any atom is 0.298 e. The summed E-state index contributed by atoms with van der Waals surface area (Å²) in [5.41, 5.74) is 4.33. The van der Waals surface area contributed by atoms with E-state index in [0.717, 1.165) is 10.0 Å². The van der Waals surface area contributed by atoms with Crippen molar-refractivity contribution in [2.45, 2.75) is 6.92 Å². The summed E-state index contributed by atoms with van der Waals surface area (Å²) in [7, 11) is 0. The van der Waals surface area contributed by atoms with Crippen LogP contribution in [-0.4, -0.2) is 16.4 Å². The van der Waals surface area contributed by atoms with Crippen LogP contribution in [0.3, 0.4) is 0 Å². The van der Waals surface area contributed by atoms with Crippen molar-refractivity contribution in [2.24, 2.45) is 5.84 Å². The third kappa shape index (κ3) is 3.27. The zero-order valence-electron chi connectivity index (χ0n) is 15.2. The minimum atomic E-state index is -0.463. The van der Waals surface area contributed by atoms with Crippen LogP contribution in [0.5, 0.6) is 0 Å². The first kappa shape index (κ1) is 19.4. The number of rotatable bonds is 3. The van der Waals surface area contributed by atoms with E-state index >= 15 is 0 Å². The predicted octanol–water partition coefficient (Wildman–Crippen LogP) is 4.92. The maximum atomic E-state index is 13.3. The lowest BCUT2D eigenvalue weighted by atomic mass is 10.1. The number of hydrogen-bond donors (Lipinski definition) is 2. The number of fused-ring (bicyclic) bond motifs is 1. The highest BCUT2D eigenvalue weighted by atomic mass is 79.9. The summed E-state index contributed by atoms with van der Waals surface area (Å²) in [6, 6.07) is 15.8. The monoisotopic (exact) mass is 471 g/mol. The zero-order valence-corrected chi connectivity index (χ0v) is 17.5. The van der Waals surface area contributed by atoms with Crippen molar-refractivity contribution >= 4 is 50.2 Å². The molecule has 8 heteroatoms. The van der Waals surface area contributed by atoms with Gasteiger partial charge in [-0.2, -0.15) is 0 Å². The summed E-state index contributed by atoms with van der Waals surface area (Å²) in [5, 5.41) is 1.22. The fourth-order valence-corrected chi connectivity index (χ4v) is 4.26. The Bertz CT molecular complexity index is 1280. The highest BCUT2D eigenvalue weighted by molar-refractivity contribution is 9.10. The number of nitrogen functional groups attached to an aromatic ring is 1. The summed E-state index contributed by atoms with van der Waals surface area (Å²) in [4.78, 5) is 25.5. The van der Waals surface area contributed by atoms with Crippen molar-refractivity contribution in [2.75, 3.05) is 0 Å². The molecule has 0 bridgehead atoms. The fraction of sp³-hybridized carbons (Fsp3) is 0.0476. The normalized spacial score (nSPS) is 11.0. The van der Waals surface area contributed by atoms with Crippen molar-refractivity contribution in [3.63, 3.8) is 0 Å². The maximum absolute atomic E-state index is 13.3. The number of benzene rings is 2. The summed E-state index contributed by atoms with van der Waals surface area (Å²) < 4.78 is 8.05. The molecule has 6 nitrogen and oxygen atoms in total. The van der Waals surface area contributed by atoms with Crippen molar-refractivity contribution in [1.29, 1.82) is 0 Å². The molecule has 0 spiro atoms. The Hall–Kier alpha value is -2.87. The van der Waals surface area contributed by atoms with Crippen molar-refractivity contribution in [1.82, 2.24) is 9.99 Å². The lowest BCUT2D eigenvalue weighted by Gasteiger charge is -2.06. The summed E-state index contributed by atoms with van der Waals surface area (Å²) in [6.07, 6.45) is 0. The molecule has 0 radical (unpaired) electrons. The Morgan fingerprint density at radius 3 is 2.62 bits per heavy atom. The van der Waals surface area contributed by atoms with Crippen LogP contribution >= 0.6 is 27.5 Å². The van der Waals surface area contributed by atoms with E-state index in [1.807, 2.05) is 0 Å². The van der Waals surface area contributed by atoms with Gasteiger partial charge in [0.25, 0.3) is 11.8 Å². The first-order valence-electron chi connectivity index (χ1n) is 8.63. The van der Waals surface area contributed by atoms with Crippen LogP contribution in [0.4, 0.5) is 0 Å². The van der Waals surface area contributed by atoms with Crippen LogP contribution in [0.15, 0.2) is 63.5 Å². The molecule has 0 saturated carbocycles. The largest absolute Gasteiger partial charge is 0.451 e. The number of aromatic nitrogens is 1. The number of carbonyl (C=O) groups excluding carboxylic acids is 2. The van der Waals surface area contributed by atoms with Crippen molar-refractivity contribution in [3.05, 3.63) is 81.1 Å². The molecule has 3 N–H and O–H groups in total. The average Bonchev–Trinajstić information content (AvgIpc) is 3.29. The summed E-state index contributed by atoms with van der Waals surface area (Å²) in [6.45, 7) is 1.70. The number of hydrazine groups is 1. The minimum absolute atomic E-state index is 0.144. The number of nitrogens with one attached hydrogen (secondary N) is 1. The molecule has 4 aromatic rings. The highest BCUT2D eigenvalue weighted by Gasteiger charge is 2.25. The molecule has 2 aromatic carbocycles. The second-order valence-corrected chi connectivity index (χ2v) is 7.67. The van der Waals surface area contributed by atoms with E-state index in [2.05, 4.69) is 21.4 Å². The predicted molar refractivity (Wildman–Crippen MR) is 115 cm³/mol. The van der Waals surface area contributed by atoms with Gasteiger partial charge >= 0.3 is 0 Å². The van der Waals surface area contributed by atoms with E-state index in [0.29, 0.717) is 32.9 Å². The SMILES string of the molecule is Cc1c(C(=O)NN)c2ccccc2n1C(=O)c1ccc(-c2ccc(Cl)cc2Br)o1. The Morgan fingerprint density at radius 2 is 1.90 bits per heavy atom. The van der Waals surface area contributed by atoms with Crippen LogP contribution in [0.25, 0.3) is 22.2 Å². The zero-order chi connectivity index (χ0) is 20.7. The summed E-state index contributed by atoms with van der Waals surface area (Å²) >= 11 is 9.45. The third-order valence-corrected chi connectivity index (χ3v) is 5.58. The lowest BCUT2D eigenvalue weighted by Crippen LogP contribution is -2.30. The van der Waals surface area contributed by atoms with Gasteiger partial charge in [0.2, 0.25) is 0 Å². The molecule has 0 aliphatic heterocycles. The first-order chi connectivity index (χ1) is 13.9. The molecular formula is C21H15BrClN3O3. The van der Waals surface area contributed by atoms with Crippen LogP contribution in [-0.2, 0) is 0 Å². The van der Waals surface area contributed by atoms with Gasteiger partial charge in [0, 0.05) is 26.1 Å². The smallest absolute Gasteiger partial charge is 0.298 e. The fourth-order valence-electron chi connectivity index (χ4n) is 3.38. The molecule has 0 saturated heterocycles. The van der Waals surface area contributed by atoms with Crippen LogP contribution < -0.4 is 11.3 Å². The van der Waals surface area contributed by atoms with E-state index in [1.165, 1.54) is 4.57 Å². The van der Waals surface area contributed by atoms with Gasteiger partial charge in [-0.3, -0.25) is 19.6 Å². The van der Waals surface area contributed by atoms with Gasteiger partial charge in [0.1, 0.15) is 5.76 Å². The van der Waals surface area contributed by atoms with Gasteiger partial charge in [-0.15, -0.1) is 0 Å². The van der Waals surface area contributed by atoms with E-state index < -0.39 is 5.91 Å². The van der Waals surface area contributed by atoms with Gasteiger partial charge in [-0.25, -0.2) is 5.84 Å². The minimum Gasteiger partial charge on any atom is -0.451 e. The molecule has 4 rings (SSSR count). The number of para-hydroxylation sites is 1. The number of furan rings is 1. The summed E-state index contributed by atoms with van der Waals surface area (Å²) in [5.74, 6) is 5.14. The highest BCUT2D eigenvalue weighted by Crippen LogP contribution is 2.33. The van der Waals surface area contributed by atoms with Gasteiger partial charge < -0.3 is 4.42 Å². The molecule has 2 heterocycles. The second kappa shape index (κ2) is 7.51. The number of halogens is 2. The van der Waals surface area contributed by atoms with Gasteiger partial charge in [0.15, 0.2) is 5.76 Å². The average molecular weight is 473 g/mol. The third-order valence-electron chi connectivity index (χ3n) is 4.69. The van der Waals surface area contributed by atoms with Gasteiger partial charge in [-0.1, -0.05) is 29.8 Å². The number of nitrogens with two attached hydrogens (primary N) is 1. The molecule has 146 valence electrons. The quantitative estimate of drug-likeness (QED) is 0.252. The second-order valence-electron chi connectivity index (χ2n) is 6.38. The topological polar surface area (TPSA) is 90.3 Å². The Morgan fingerprint density at radius 1 is 1.14 bits per heavy atom. The number of hydrogen-bond acceptors (Lipinski definition) is 4. The first-order valence-corrected chi connectivity index (χ1v) is 9.80. The molecule has 0 aliphatic rings. The van der Waals surface area contributed by atoms with E-state index in [9.17, 15) is 9.59 Å². The van der Waals surface area contributed by atoms with Crippen LogP contribution in [0.2, 0.25) is 5.02 Å². The molecule has 0 aliphatic carbocycles. The van der Waals surface area contributed by atoms with Crippen LogP contribution in [0.1, 0.15) is 26.6 Å². The molecular weight excluding hydrogens is 458 g/mol. The number of nitrogens with zero attached hydrogens (tertiary/aromatic N) is 1. The number of amides is 1. The molecule has 0 unspecified atom stereocenters. The van der Waals surface area contributed by atoms with E-state index in [4.69, 9.17) is 21.9 Å². The number of carbonyl (C=O) groups is 2. The molecule has 0 fully saturated rings. The lowest BCUT2D eigenvalue weighted by molar-refractivity contribution is 0.0936. The molecule has 2 aromatic heterocycles. The van der Waals surface area contributed by atoms with Crippen molar-refractivity contribution < 1.29 is 14.0 Å². The molecule has 0 atom stereocenters. The van der Waals surface area contributed by atoms with E-state index in [-0.39, 0.29) is 11.7 Å². The standard InChI is InChI=1S/C21H15BrClN3O3/c1-11-19(20(27)25-24)14-4-2-3-5-16(14)26(11)21(28)18-9-8-17(29-18)13-7-6-12(23)10-15(13)22/h2-10H,24H2,1H3,(H,25,27). The van der Waals surface area contributed by atoms with Gasteiger partial charge in [0.05, 0.1) is 11.1 Å². The molecule has 1 amide bonds. The van der Waals surface area contributed by atoms with Crippen LogP contribution in [0, 0.1) is 6.92 Å². The van der Waals surface area contributed by atoms with E-state index in [1.54, 1.807) is 61.5 Å². The Labute approximate surface area is 179 Å². The van der Waals surface area contributed by atoms with Gasteiger partial charge in [-0.05, 0) is 59.3 Å².